The number of ether oxygens (including phenoxy) is 1. The predicted molar refractivity (Wildman–Crippen MR) is 56.8 cm³/mol. The van der Waals surface area contributed by atoms with Crippen molar-refractivity contribution in [2.45, 2.75) is 26.4 Å². The van der Waals surface area contributed by atoms with Crippen LogP contribution in [0.1, 0.15) is 26.3 Å². The summed E-state index contributed by atoms with van der Waals surface area (Å²) in [6.45, 7) is 8.36. The Labute approximate surface area is 92.5 Å². The molecule has 1 rings (SSSR count). The first kappa shape index (κ1) is 12.6. The van der Waals surface area contributed by atoms with Gasteiger partial charge in [-0.1, -0.05) is 12.7 Å². The number of halogens is 3. The van der Waals surface area contributed by atoms with Crippen LogP contribution in [0.25, 0.3) is 6.08 Å². The minimum atomic E-state index is -1.54. The lowest BCUT2D eigenvalue weighted by Gasteiger charge is -2.22. The molecule has 88 valence electrons. The van der Waals surface area contributed by atoms with Crippen LogP contribution in [0.5, 0.6) is 5.75 Å². The Hall–Kier alpha value is -1.45. The van der Waals surface area contributed by atoms with Gasteiger partial charge in [-0.05, 0) is 26.8 Å². The molecule has 0 fully saturated rings. The van der Waals surface area contributed by atoms with Gasteiger partial charge in [-0.15, -0.1) is 0 Å². The lowest BCUT2D eigenvalue weighted by atomic mass is 10.1. The van der Waals surface area contributed by atoms with E-state index in [0.29, 0.717) is 0 Å². The summed E-state index contributed by atoms with van der Waals surface area (Å²) in [6, 6.07) is 1.09. The summed E-state index contributed by atoms with van der Waals surface area (Å²) in [6.07, 6.45) is 1.10. The van der Waals surface area contributed by atoms with Gasteiger partial charge in [0.2, 0.25) is 5.82 Å². The van der Waals surface area contributed by atoms with E-state index in [1.807, 2.05) is 0 Å². The molecule has 0 aromatic heterocycles. The standard InChI is InChI=1S/C12H13F3O/c1-5-7-6-8(16-12(2,3)4)10(14)11(15)9(7)13/h5-6H,1H2,2-4H3. The fourth-order valence-electron chi connectivity index (χ4n) is 1.15. The van der Waals surface area contributed by atoms with E-state index in [9.17, 15) is 13.2 Å². The van der Waals surface area contributed by atoms with Crippen LogP contribution in [0.15, 0.2) is 12.6 Å². The molecule has 1 nitrogen and oxygen atoms in total. The van der Waals surface area contributed by atoms with Gasteiger partial charge < -0.3 is 4.74 Å². The molecule has 0 aliphatic rings. The second-order valence-electron chi connectivity index (χ2n) is 4.32. The summed E-state index contributed by atoms with van der Waals surface area (Å²) in [4.78, 5) is 0. The van der Waals surface area contributed by atoms with Crippen LogP contribution in [0.4, 0.5) is 13.2 Å². The number of rotatable bonds is 2. The molecule has 16 heavy (non-hydrogen) atoms. The van der Waals surface area contributed by atoms with Crippen molar-refractivity contribution in [1.82, 2.24) is 0 Å². The highest BCUT2D eigenvalue weighted by Crippen LogP contribution is 2.28. The first-order chi connectivity index (χ1) is 7.26. The van der Waals surface area contributed by atoms with Crippen molar-refractivity contribution in [1.29, 1.82) is 0 Å². The molecule has 1 aromatic carbocycles. The second kappa shape index (κ2) is 4.20. The van der Waals surface area contributed by atoms with Crippen LogP contribution in [-0.2, 0) is 0 Å². The average Bonchev–Trinajstić information content (AvgIpc) is 2.17. The van der Waals surface area contributed by atoms with Crippen molar-refractivity contribution in [3.05, 3.63) is 35.7 Å². The van der Waals surface area contributed by atoms with E-state index >= 15 is 0 Å². The van der Waals surface area contributed by atoms with E-state index < -0.39 is 23.1 Å². The smallest absolute Gasteiger partial charge is 0.203 e. The summed E-state index contributed by atoms with van der Waals surface area (Å²) in [5.74, 6) is -4.44. The summed E-state index contributed by atoms with van der Waals surface area (Å²) >= 11 is 0. The van der Waals surface area contributed by atoms with Crippen molar-refractivity contribution in [3.63, 3.8) is 0 Å². The highest BCUT2D eigenvalue weighted by molar-refractivity contribution is 5.51. The third kappa shape index (κ3) is 2.56. The summed E-state index contributed by atoms with van der Waals surface area (Å²) in [5, 5.41) is 0. The van der Waals surface area contributed by atoms with Crippen LogP contribution in [0, 0.1) is 17.5 Å². The molecule has 1 aromatic rings. The zero-order valence-electron chi connectivity index (χ0n) is 9.40. The van der Waals surface area contributed by atoms with Crippen molar-refractivity contribution in [2.75, 3.05) is 0 Å². The van der Waals surface area contributed by atoms with E-state index in [1.54, 1.807) is 20.8 Å². The van der Waals surface area contributed by atoms with Crippen LogP contribution in [0.2, 0.25) is 0 Å². The van der Waals surface area contributed by atoms with Gasteiger partial charge in [0.15, 0.2) is 17.4 Å². The van der Waals surface area contributed by atoms with E-state index in [1.165, 1.54) is 0 Å². The Kier molecular flexibility index (Phi) is 3.31. The summed E-state index contributed by atoms with van der Waals surface area (Å²) in [5.41, 5.74) is -0.818. The fraction of sp³-hybridized carbons (Fsp3) is 0.333. The van der Waals surface area contributed by atoms with E-state index in [-0.39, 0.29) is 11.3 Å². The Morgan fingerprint density at radius 2 is 1.69 bits per heavy atom. The van der Waals surface area contributed by atoms with Crippen molar-refractivity contribution >= 4 is 6.08 Å². The topological polar surface area (TPSA) is 9.23 Å². The molecule has 0 spiro atoms. The lowest BCUT2D eigenvalue weighted by molar-refractivity contribution is 0.122. The highest BCUT2D eigenvalue weighted by atomic mass is 19.2. The summed E-state index contributed by atoms with van der Waals surface area (Å²) < 4.78 is 44.8. The Bertz CT molecular complexity index is 419. The Balaban J connectivity index is 3.30. The third-order valence-corrected chi connectivity index (χ3v) is 1.78. The highest BCUT2D eigenvalue weighted by Gasteiger charge is 2.22. The maximum absolute atomic E-state index is 13.3. The van der Waals surface area contributed by atoms with Gasteiger partial charge in [0, 0.05) is 5.56 Å². The van der Waals surface area contributed by atoms with Gasteiger partial charge >= 0.3 is 0 Å². The van der Waals surface area contributed by atoms with Crippen molar-refractivity contribution in [3.8, 4) is 5.75 Å². The minimum Gasteiger partial charge on any atom is -0.485 e. The number of benzene rings is 1. The molecule has 0 heterocycles. The normalized spacial score (nSPS) is 11.4. The fourth-order valence-corrected chi connectivity index (χ4v) is 1.15. The minimum absolute atomic E-state index is 0.127. The number of hydrogen-bond donors (Lipinski definition) is 0. The largest absolute Gasteiger partial charge is 0.485 e. The molecule has 0 aliphatic carbocycles. The van der Waals surface area contributed by atoms with Gasteiger partial charge in [-0.2, -0.15) is 4.39 Å². The van der Waals surface area contributed by atoms with Gasteiger partial charge in [-0.3, -0.25) is 0 Å². The van der Waals surface area contributed by atoms with E-state index in [4.69, 9.17) is 4.74 Å². The van der Waals surface area contributed by atoms with Crippen LogP contribution < -0.4 is 4.74 Å². The van der Waals surface area contributed by atoms with Crippen LogP contribution >= 0.6 is 0 Å². The first-order valence-electron chi connectivity index (χ1n) is 4.75. The zero-order chi connectivity index (χ0) is 12.5. The Morgan fingerprint density at radius 1 is 1.12 bits per heavy atom. The predicted octanol–water partition coefficient (Wildman–Crippen LogP) is 3.92. The maximum Gasteiger partial charge on any atom is 0.203 e. The molecule has 0 amide bonds. The van der Waals surface area contributed by atoms with E-state index in [2.05, 4.69) is 6.58 Å². The lowest BCUT2D eigenvalue weighted by Crippen LogP contribution is -2.24. The SMILES string of the molecule is C=Cc1cc(OC(C)(C)C)c(F)c(F)c1F. The molecular formula is C12H13F3O. The third-order valence-electron chi connectivity index (χ3n) is 1.78. The van der Waals surface area contributed by atoms with Gasteiger partial charge in [0.25, 0.3) is 0 Å². The molecule has 0 atom stereocenters. The molecule has 0 saturated carbocycles. The van der Waals surface area contributed by atoms with Crippen LogP contribution in [-0.4, -0.2) is 5.60 Å². The van der Waals surface area contributed by atoms with Crippen LogP contribution in [0.3, 0.4) is 0 Å². The monoisotopic (exact) mass is 230 g/mol. The second-order valence-corrected chi connectivity index (χ2v) is 4.32. The maximum atomic E-state index is 13.3. The first-order valence-corrected chi connectivity index (χ1v) is 4.75. The zero-order valence-corrected chi connectivity index (χ0v) is 9.40. The molecular weight excluding hydrogens is 217 g/mol. The molecule has 4 heteroatoms. The average molecular weight is 230 g/mol. The molecule has 0 bridgehead atoms. The Morgan fingerprint density at radius 3 is 2.12 bits per heavy atom. The van der Waals surface area contributed by atoms with Gasteiger partial charge in [0.05, 0.1) is 0 Å². The van der Waals surface area contributed by atoms with Crippen molar-refractivity contribution in [2.24, 2.45) is 0 Å². The van der Waals surface area contributed by atoms with Gasteiger partial charge in [-0.25, -0.2) is 8.78 Å². The van der Waals surface area contributed by atoms with E-state index in [0.717, 1.165) is 12.1 Å². The van der Waals surface area contributed by atoms with Gasteiger partial charge in [0.1, 0.15) is 5.60 Å². The quantitative estimate of drug-likeness (QED) is 0.699. The molecule has 0 unspecified atom stereocenters. The molecule has 0 saturated heterocycles. The number of hydrogen-bond acceptors (Lipinski definition) is 1. The molecule has 0 N–H and O–H groups in total. The molecule has 0 radical (unpaired) electrons. The summed E-state index contributed by atoms with van der Waals surface area (Å²) in [7, 11) is 0. The van der Waals surface area contributed by atoms with Crippen molar-refractivity contribution < 1.29 is 17.9 Å². The molecule has 0 aliphatic heterocycles.